The van der Waals surface area contributed by atoms with Crippen molar-refractivity contribution in [3.63, 3.8) is 0 Å². The van der Waals surface area contributed by atoms with Crippen molar-refractivity contribution in [1.82, 2.24) is 0 Å². The first-order valence-corrected chi connectivity index (χ1v) is 19.9. The van der Waals surface area contributed by atoms with Gasteiger partial charge in [-0.25, -0.2) is 0 Å². The van der Waals surface area contributed by atoms with Crippen LogP contribution < -0.4 is 3.27 Å². The summed E-state index contributed by atoms with van der Waals surface area (Å²) in [6.45, 7) is 18.2. The van der Waals surface area contributed by atoms with Gasteiger partial charge >= 0.3 is 282 Å². The molecule has 0 N–H and O–H groups in total. The Morgan fingerprint density at radius 2 is 1.37 bits per heavy atom. The van der Waals surface area contributed by atoms with Gasteiger partial charge in [0.25, 0.3) is 0 Å². The molecule has 0 heterocycles. The number of hydrogen-bond acceptors (Lipinski definition) is 0. The van der Waals surface area contributed by atoms with Crippen LogP contribution in [0, 0.1) is 13.8 Å². The van der Waals surface area contributed by atoms with E-state index in [1.54, 1.807) is 6.07 Å². The first-order chi connectivity index (χ1) is 21.6. The van der Waals surface area contributed by atoms with Crippen molar-refractivity contribution >= 4 is 6.48 Å². The summed E-state index contributed by atoms with van der Waals surface area (Å²) in [4.78, 5) is 0. The fraction of sp³-hybridized carbons (Fsp3) is 0.310. The summed E-state index contributed by atoms with van der Waals surface area (Å²) in [7, 11) is 0. The molecule has 4 heteroatoms. The van der Waals surface area contributed by atoms with Gasteiger partial charge < -0.3 is 0 Å². The molecule has 0 unspecified atom stereocenters. The Kier molecular flexibility index (Phi) is 8.46. The first-order valence-electron chi connectivity index (χ1n) is 16.2. The molecule has 0 aromatic heterocycles. The fourth-order valence-electron chi connectivity index (χ4n) is 7.53. The zero-order chi connectivity index (χ0) is 33.2. The van der Waals surface area contributed by atoms with E-state index in [-0.39, 0.29) is 10.8 Å². The maximum absolute atomic E-state index is 14.2. The predicted octanol–water partition coefficient (Wildman–Crippen LogP) is 10.8. The molecule has 4 aromatic carbocycles. The SMILES string of the molecule is Cc1cc2c(cc1C(C)(C)C)-c1cc(C(C)(C)C)c(C)[c](/[Zr]([C]3=CC=CC3)=[C](/c3ccccc3)c3cccc(C(F)(F)F)c3)c1C2. The van der Waals surface area contributed by atoms with Crippen LogP contribution in [0.1, 0.15) is 98.0 Å². The number of rotatable bonds is 4. The molecule has 0 aliphatic heterocycles. The van der Waals surface area contributed by atoms with E-state index in [0.29, 0.717) is 5.56 Å². The predicted molar refractivity (Wildman–Crippen MR) is 184 cm³/mol. The van der Waals surface area contributed by atoms with Gasteiger partial charge in [0.2, 0.25) is 0 Å². The second-order valence-corrected chi connectivity index (χ2v) is 20.9. The summed E-state index contributed by atoms with van der Waals surface area (Å²) in [5.41, 5.74) is 11.7. The van der Waals surface area contributed by atoms with E-state index in [2.05, 4.69) is 104 Å². The molecule has 0 fully saturated rings. The number of allylic oxidation sites excluding steroid dienone is 4. The molecule has 0 bridgehead atoms. The topological polar surface area (TPSA) is 0 Å². The molecule has 2 aliphatic carbocycles. The quantitative estimate of drug-likeness (QED) is 0.176. The number of hydrogen-bond donors (Lipinski definition) is 0. The van der Waals surface area contributed by atoms with Gasteiger partial charge in [0.05, 0.1) is 0 Å². The van der Waals surface area contributed by atoms with Crippen LogP contribution in [0.3, 0.4) is 0 Å². The molecule has 6 rings (SSSR count). The maximum atomic E-state index is 14.2. The molecule has 0 saturated heterocycles. The zero-order valence-corrected chi connectivity index (χ0v) is 30.7. The van der Waals surface area contributed by atoms with E-state index in [1.165, 1.54) is 63.2 Å². The van der Waals surface area contributed by atoms with Crippen LogP contribution in [0.4, 0.5) is 13.2 Å². The van der Waals surface area contributed by atoms with Gasteiger partial charge in [0, 0.05) is 0 Å². The second-order valence-electron chi connectivity index (χ2n) is 15.0. The summed E-state index contributed by atoms with van der Waals surface area (Å²) in [5, 5.41) is 0. The Balaban J connectivity index is 1.78. The van der Waals surface area contributed by atoms with E-state index in [0.717, 1.165) is 21.6 Å². The van der Waals surface area contributed by atoms with Gasteiger partial charge in [0.15, 0.2) is 0 Å². The minimum atomic E-state index is -4.41. The number of halogens is 3. The van der Waals surface area contributed by atoms with E-state index in [9.17, 15) is 13.2 Å². The van der Waals surface area contributed by atoms with Crippen LogP contribution >= 0.6 is 0 Å². The van der Waals surface area contributed by atoms with Crippen molar-refractivity contribution in [2.24, 2.45) is 0 Å². The van der Waals surface area contributed by atoms with Gasteiger partial charge in [-0.3, -0.25) is 0 Å². The van der Waals surface area contributed by atoms with Gasteiger partial charge in [0.1, 0.15) is 0 Å². The average Bonchev–Trinajstić information content (AvgIpc) is 3.62. The van der Waals surface area contributed by atoms with Crippen molar-refractivity contribution in [1.29, 1.82) is 0 Å². The Hall–Kier alpha value is -3.10. The second kappa shape index (κ2) is 11.9. The number of alkyl halides is 3. The van der Waals surface area contributed by atoms with E-state index >= 15 is 0 Å². The third-order valence-electron chi connectivity index (χ3n) is 9.55. The molecule has 4 aromatic rings. The van der Waals surface area contributed by atoms with Crippen molar-refractivity contribution < 1.29 is 34.4 Å². The van der Waals surface area contributed by atoms with Crippen LogP contribution in [-0.4, -0.2) is 3.21 Å². The van der Waals surface area contributed by atoms with Crippen LogP contribution in [0.25, 0.3) is 11.1 Å². The molecule has 0 spiro atoms. The molecule has 0 amide bonds. The molecular weight excluding hydrogens is 653 g/mol. The molecule has 0 radical (unpaired) electrons. The van der Waals surface area contributed by atoms with Crippen molar-refractivity contribution in [3.8, 4) is 11.1 Å². The average molecular weight is 696 g/mol. The van der Waals surface area contributed by atoms with Gasteiger partial charge in [-0.05, 0) is 0 Å². The van der Waals surface area contributed by atoms with Crippen LogP contribution in [0.15, 0.2) is 94.3 Å². The fourth-order valence-corrected chi connectivity index (χ4v) is 15.9. The number of benzene rings is 4. The summed E-state index contributed by atoms with van der Waals surface area (Å²) in [5.74, 6) is 0. The van der Waals surface area contributed by atoms with E-state index < -0.39 is 33.0 Å². The van der Waals surface area contributed by atoms with E-state index in [4.69, 9.17) is 0 Å². The molecule has 236 valence electrons. The standard InChI is InChI=1S/C23H29.C14H9F3.C5H5.Zr/c1-14-9-16-11-17-10-15(2)21(23(6,7)8)13-19(17)18(16)12-20(14)22(3,4)5;15-14(16,17)13-8-4-7-12(10-13)9-11-5-2-1-3-6-11;1-2-4-5-3-1;/h9,12-13H,11H2,1-8H3;1-8,10H;1-3H,4H2;. The Bertz CT molecular complexity index is 1940. The first kappa shape index (κ1) is 32.8. The number of fused-ring (bicyclic) bond motifs is 3. The molecule has 2 aliphatic rings. The van der Waals surface area contributed by atoms with Crippen molar-refractivity contribution in [2.45, 2.75) is 85.2 Å². The summed E-state index contributed by atoms with van der Waals surface area (Å²) in [6, 6.07) is 23.5. The summed E-state index contributed by atoms with van der Waals surface area (Å²) < 4.78 is 46.5. The molecule has 0 nitrogen and oxygen atoms in total. The molecule has 0 saturated carbocycles. The van der Waals surface area contributed by atoms with Crippen LogP contribution in [0.2, 0.25) is 0 Å². The van der Waals surface area contributed by atoms with Crippen LogP contribution in [0.5, 0.6) is 0 Å². The Labute approximate surface area is 280 Å². The normalized spacial score (nSPS) is 15.1. The monoisotopic (exact) mass is 694 g/mol. The van der Waals surface area contributed by atoms with Gasteiger partial charge in [-0.15, -0.1) is 0 Å². The van der Waals surface area contributed by atoms with Crippen molar-refractivity contribution in [3.05, 3.63) is 144 Å². The third kappa shape index (κ3) is 6.03. The van der Waals surface area contributed by atoms with Gasteiger partial charge in [-0.2, -0.15) is 0 Å². The van der Waals surface area contributed by atoms with Gasteiger partial charge in [-0.1, -0.05) is 0 Å². The minimum absolute atomic E-state index is 0.0151. The zero-order valence-electron chi connectivity index (χ0n) is 28.2. The third-order valence-corrected chi connectivity index (χ3v) is 17.6. The van der Waals surface area contributed by atoms with E-state index in [1.807, 2.05) is 24.3 Å². The Morgan fingerprint density at radius 3 is 1.98 bits per heavy atom. The molecular formula is C42H43F3Zr. The Morgan fingerprint density at radius 1 is 0.717 bits per heavy atom. The van der Waals surface area contributed by atoms with Crippen LogP contribution in [-0.2, 0) is 44.7 Å². The summed E-state index contributed by atoms with van der Waals surface area (Å²) in [6.07, 6.45) is 3.90. The molecule has 46 heavy (non-hydrogen) atoms. The molecule has 0 atom stereocenters. The van der Waals surface area contributed by atoms with Crippen molar-refractivity contribution in [2.75, 3.05) is 0 Å². The number of aryl methyl sites for hydroxylation is 1. The summed E-state index contributed by atoms with van der Waals surface area (Å²) >= 11 is -3.18.